The second kappa shape index (κ2) is 8.91. The molecule has 4 aromatic rings. The summed E-state index contributed by atoms with van der Waals surface area (Å²) in [5.41, 5.74) is 3.57. The first-order valence-electron chi connectivity index (χ1n) is 10.3. The van der Waals surface area contributed by atoms with Gasteiger partial charge in [0, 0.05) is 41.0 Å². The van der Waals surface area contributed by atoms with Gasteiger partial charge in [-0.3, -0.25) is 19.5 Å². The van der Waals surface area contributed by atoms with Gasteiger partial charge in [0.05, 0.1) is 18.6 Å². The molecule has 0 radical (unpaired) electrons. The lowest BCUT2D eigenvalue weighted by Crippen LogP contribution is -2.27. The van der Waals surface area contributed by atoms with E-state index in [1.807, 2.05) is 54.6 Å². The zero-order chi connectivity index (χ0) is 22.8. The number of aromatic nitrogens is 3. The Kier molecular flexibility index (Phi) is 5.66. The van der Waals surface area contributed by atoms with Crippen molar-refractivity contribution < 1.29 is 14.3 Å². The molecule has 1 aliphatic heterocycles. The van der Waals surface area contributed by atoms with Crippen LogP contribution in [-0.4, -0.2) is 39.4 Å². The number of pyridine rings is 1. The van der Waals surface area contributed by atoms with Crippen LogP contribution in [0.4, 0.5) is 5.69 Å². The molecule has 0 saturated carbocycles. The Balaban J connectivity index is 1.62. The van der Waals surface area contributed by atoms with Crippen molar-refractivity contribution in [2.24, 2.45) is 0 Å². The van der Waals surface area contributed by atoms with E-state index in [-0.39, 0.29) is 17.2 Å². The third-order valence-electron chi connectivity index (χ3n) is 5.41. The van der Waals surface area contributed by atoms with Crippen LogP contribution in [0.5, 0.6) is 5.75 Å². The third kappa shape index (κ3) is 4.01. The average molecular weight is 457 g/mol. The lowest BCUT2D eigenvalue weighted by atomic mass is 10.1. The number of thioether (sulfide) groups is 1. The van der Waals surface area contributed by atoms with Crippen LogP contribution >= 0.6 is 11.8 Å². The van der Waals surface area contributed by atoms with Crippen LogP contribution in [0.3, 0.4) is 0 Å². The topological polar surface area (TPSA) is 77.3 Å². The second-order valence-corrected chi connectivity index (χ2v) is 8.48. The highest BCUT2D eigenvalue weighted by atomic mass is 32.2. The maximum Gasteiger partial charge on any atom is 0.278 e. The van der Waals surface area contributed by atoms with Gasteiger partial charge in [0.2, 0.25) is 5.91 Å². The number of nitrogens with zero attached hydrogens (tertiary/aromatic N) is 4. The summed E-state index contributed by atoms with van der Waals surface area (Å²) < 4.78 is 6.63. The minimum absolute atomic E-state index is 0.0186. The molecule has 0 bridgehead atoms. The summed E-state index contributed by atoms with van der Waals surface area (Å²) in [4.78, 5) is 31.7. The molecule has 1 saturated heterocycles. The number of ether oxygens (including phenoxy) is 1. The summed E-state index contributed by atoms with van der Waals surface area (Å²) in [6, 6.07) is 20.4. The van der Waals surface area contributed by atoms with Crippen LogP contribution in [0.15, 0.2) is 85.3 Å². The van der Waals surface area contributed by atoms with Crippen LogP contribution in [0.25, 0.3) is 11.3 Å². The molecule has 33 heavy (non-hydrogen) atoms. The van der Waals surface area contributed by atoms with Gasteiger partial charge in [-0.1, -0.05) is 18.2 Å². The van der Waals surface area contributed by atoms with Crippen molar-refractivity contribution in [2.45, 2.75) is 5.37 Å². The zero-order valence-electron chi connectivity index (χ0n) is 17.8. The van der Waals surface area contributed by atoms with Gasteiger partial charge in [0.25, 0.3) is 5.91 Å². The van der Waals surface area contributed by atoms with Crippen molar-refractivity contribution in [3.63, 3.8) is 0 Å². The summed E-state index contributed by atoms with van der Waals surface area (Å²) in [6.07, 6.45) is 4.88. The molecule has 7 nitrogen and oxygen atoms in total. The van der Waals surface area contributed by atoms with Gasteiger partial charge in [0.1, 0.15) is 11.1 Å². The number of benzene rings is 2. The molecule has 1 fully saturated rings. The summed E-state index contributed by atoms with van der Waals surface area (Å²) in [7, 11) is 1.61. The number of para-hydroxylation sites is 1. The van der Waals surface area contributed by atoms with Gasteiger partial charge in [-0.15, -0.1) is 11.8 Å². The standard InChI is InChI=1S/C25H20N4O3S/c1-32-20-9-7-17(8-10-20)23-21(15-28(27-23)24(31)18-11-13-26-14-12-18)25-29(22(30)16-33-25)19-5-3-2-4-6-19/h2-15,25H,16H2,1H3. The highest BCUT2D eigenvalue weighted by molar-refractivity contribution is 8.00. The number of hydrogen-bond acceptors (Lipinski definition) is 6. The largest absolute Gasteiger partial charge is 0.497 e. The third-order valence-corrected chi connectivity index (χ3v) is 6.60. The monoisotopic (exact) mass is 456 g/mol. The predicted molar refractivity (Wildman–Crippen MR) is 127 cm³/mol. The Hall–Kier alpha value is -3.91. The molecule has 1 aliphatic rings. The maximum absolute atomic E-state index is 13.1. The molecular weight excluding hydrogens is 436 g/mol. The minimum atomic E-state index is -0.309. The molecule has 1 atom stereocenters. The first-order chi connectivity index (χ1) is 16.2. The molecule has 5 rings (SSSR count). The number of rotatable bonds is 5. The highest BCUT2D eigenvalue weighted by Gasteiger charge is 2.37. The van der Waals surface area contributed by atoms with Gasteiger partial charge in [0.15, 0.2) is 0 Å². The fourth-order valence-corrected chi connectivity index (χ4v) is 4.97. The van der Waals surface area contributed by atoms with E-state index in [2.05, 4.69) is 10.1 Å². The molecule has 164 valence electrons. The van der Waals surface area contributed by atoms with E-state index in [4.69, 9.17) is 4.74 Å². The van der Waals surface area contributed by atoms with Crippen LogP contribution in [0.1, 0.15) is 21.3 Å². The number of amides is 1. The fourth-order valence-electron chi connectivity index (χ4n) is 3.79. The molecule has 2 aromatic carbocycles. The summed E-state index contributed by atoms with van der Waals surface area (Å²) in [5, 5.41) is 4.36. The number of carbonyl (C=O) groups is 2. The molecular formula is C25H20N4O3S. The van der Waals surface area contributed by atoms with Crippen molar-refractivity contribution in [2.75, 3.05) is 17.8 Å². The number of methoxy groups -OCH3 is 1. The van der Waals surface area contributed by atoms with Crippen LogP contribution in [-0.2, 0) is 4.79 Å². The number of anilines is 1. The molecule has 3 heterocycles. The minimum Gasteiger partial charge on any atom is -0.497 e. The van der Waals surface area contributed by atoms with E-state index in [1.54, 1.807) is 42.7 Å². The van der Waals surface area contributed by atoms with E-state index >= 15 is 0 Å². The smallest absolute Gasteiger partial charge is 0.278 e. The summed E-state index contributed by atoms with van der Waals surface area (Å²) in [6.45, 7) is 0. The van der Waals surface area contributed by atoms with Gasteiger partial charge >= 0.3 is 0 Å². The van der Waals surface area contributed by atoms with E-state index in [0.717, 1.165) is 22.6 Å². The molecule has 0 aliphatic carbocycles. The SMILES string of the molecule is COc1ccc(-c2nn(C(=O)c3ccncc3)cc2C2SCC(=O)N2c2ccccc2)cc1. The molecule has 1 unspecified atom stereocenters. The van der Waals surface area contributed by atoms with E-state index < -0.39 is 0 Å². The Morgan fingerprint density at radius 1 is 1.03 bits per heavy atom. The van der Waals surface area contributed by atoms with Gasteiger partial charge < -0.3 is 4.74 Å². The highest BCUT2D eigenvalue weighted by Crippen LogP contribution is 2.44. The lowest BCUT2D eigenvalue weighted by molar-refractivity contribution is -0.115. The average Bonchev–Trinajstić information content (AvgIpc) is 3.48. The zero-order valence-corrected chi connectivity index (χ0v) is 18.6. The van der Waals surface area contributed by atoms with E-state index in [1.165, 1.54) is 16.4 Å². The Morgan fingerprint density at radius 3 is 2.45 bits per heavy atom. The van der Waals surface area contributed by atoms with Crippen molar-refractivity contribution in [1.82, 2.24) is 14.8 Å². The predicted octanol–water partition coefficient (Wildman–Crippen LogP) is 4.42. The molecule has 1 amide bonds. The van der Waals surface area contributed by atoms with Gasteiger partial charge in [-0.25, -0.2) is 4.68 Å². The Morgan fingerprint density at radius 2 is 1.76 bits per heavy atom. The Bertz CT molecular complexity index is 1290. The van der Waals surface area contributed by atoms with Crippen molar-refractivity contribution in [1.29, 1.82) is 0 Å². The number of carbonyl (C=O) groups excluding carboxylic acids is 2. The van der Waals surface area contributed by atoms with Crippen molar-refractivity contribution in [3.8, 4) is 17.0 Å². The van der Waals surface area contributed by atoms with Crippen LogP contribution in [0, 0.1) is 0 Å². The normalized spacial score (nSPS) is 15.6. The summed E-state index contributed by atoms with van der Waals surface area (Å²) in [5.74, 6) is 0.832. The maximum atomic E-state index is 13.1. The molecule has 8 heteroatoms. The van der Waals surface area contributed by atoms with Crippen molar-refractivity contribution in [3.05, 3.63) is 96.4 Å². The lowest BCUT2D eigenvalue weighted by Gasteiger charge is -2.24. The van der Waals surface area contributed by atoms with Gasteiger partial charge in [-0.2, -0.15) is 5.10 Å². The molecule has 0 N–H and O–H groups in total. The first-order valence-corrected chi connectivity index (χ1v) is 11.4. The molecule has 0 spiro atoms. The fraction of sp³-hybridized carbons (Fsp3) is 0.120. The number of hydrogen-bond donors (Lipinski definition) is 0. The van der Waals surface area contributed by atoms with Crippen molar-refractivity contribution >= 4 is 29.3 Å². The summed E-state index contributed by atoms with van der Waals surface area (Å²) >= 11 is 1.52. The quantitative estimate of drug-likeness (QED) is 0.442. The molecule has 2 aromatic heterocycles. The second-order valence-electron chi connectivity index (χ2n) is 7.41. The van der Waals surface area contributed by atoms with Crippen LogP contribution in [0.2, 0.25) is 0 Å². The Labute approximate surface area is 195 Å². The van der Waals surface area contributed by atoms with Gasteiger partial charge in [-0.05, 0) is 48.5 Å². The van der Waals surface area contributed by atoms with E-state index in [9.17, 15) is 9.59 Å². The van der Waals surface area contributed by atoms with E-state index in [0.29, 0.717) is 17.0 Å². The van der Waals surface area contributed by atoms with Crippen LogP contribution < -0.4 is 9.64 Å². The first kappa shape index (κ1) is 21.0.